The summed E-state index contributed by atoms with van der Waals surface area (Å²) < 4.78 is 1.85. The molecule has 23 heavy (non-hydrogen) atoms. The van der Waals surface area contributed by atoms with E-state index in [9.17, 15) is 4.79 Å². The van der Waals surface area contributed by atoms with Gasteiger partial charge in [0.15, 0.2) is 5.69 Å². The van der Waals surface area contributed by atoms with Crippen molar-refractivity contribution in [3.63, 3.8) is 0 Å². The third-order valence-electron chi connectivity index (χ3n) is 4.58. The number of anilines is 2. The van der Waals surface area contributed by atoms with Crippen molar-refractivity contribution in [1.29, 1.82) is 0 Å². The number of benzene rings is 1. The van der Waals surface area contributed by atoms with Gasteiger partial charge in [-0.05, 0) is 57.4 Å². The van der Waals surface area contributed by atoms with Crippen LogP contribution >= 0.6 is 0 Å². The second-order valence-electron chi connectivity index (χ2n) is 5.92. The highest BCUT2D eigenvalue weighted by Crippen LogP contribution is 2.25. The van der Waals surface area contributed by atoms with E-state index in [-0.39, 0.29) is 5.91 Å². The molecular weight excluding hydrogens is 288 g/mol. The second-order valence-corrected chi connectivity index (χ2v) is 5.92. The van der Waals surface area contributed by atoms with Crippen molar-refractivity contribution in [2.24, 2.45) is 7.05 Å². The Morgan fingerprint density at radius 2 is 1.91 bits per heavy atom. The second kappa shape index (κ2) is 6.44. The summed E-state index contributed by atoms with van der Waals surface area (Å²) in [4.78, 5) is 14.8. The normalized spacial score (nSPS) is 13.0. The first kappa shape index (κ1) is 15.6. The van der Waals surface area contributed by atoms with Crippen LogP contribution in [0.2, 0.25) is 0 Å². The number of nitrogens with zero attached hydrogens (tertiary/aromatic N) is 3. The molecule has 122 valence electrons. The van der Waals surface area contributed by atoms with Crippen LogP contribution in [-0.4, -0.2) is 28.8 Å². The third-order valence-corrected chi connectivity index (χ3v) is 4.58. The molecule has 0 saturated carbocycles. The lowest BCUT2D eigenvalue weighted by molar-refractivity contribution is 0.102. The summed E-state index contributed by atoms with van der Waals surface area (Å²) >= 11 is 0. The quantitative estimate of drug-likeness (QED) is 0.923. The number of aromatic nitrogens is 2. The van der Waals surface area contributed by atoms with E-state index < -0.39 is 0 Å². The molecule has 1 aromatic heterocycles. The molecule has 1 N–H and O–H groups in total. The molecule has 0 spiro atoms. The van der Waals surface area contributed by atoms with Gasteiger partial charge in [-0.3, -0.25) is 9.48 Å². The number of aryl methyl sites for hydroxylation is 1. The lowest BCUT2D eigenvalue weighted by Crippen LogP contribution is -2.21. The average Bonchev–Trinajstić information content (AvgIpc) is 3.14. The molecule has 5 nitrogen and oxygen atoms in total. The zero-order valence-electron chi connectivity index (χ0n) is 14.1. The summed E-state index contributed by atoms with van der Waals surface area (Å²) in [5.74, 6) is -0.112. The smallest absolute Gasteiger partial charge is 0.276 e. The fraction of sp³-hybridized carbons (Fsp3) is 0.444. The Labute approximate surface area is 137 Å². The van der Waals surface area contributed by atoms with Gasteiger partial charge >= 0.3 is 0 Å². The Kier molecular flexibility index (Phi) is 4.37. The van der Waals surface area contributed by atoms with Gasteiger partial charge in [-0.25, -0.2) is 0 Å². The minimum Gasteiger partial charge on any atom is -0.372 e. The van der Waals surface area contributed by atoms with Gasteiger partial charge in [-0.1, -0.05) is 0 Å². The van der Waals surface area contributed by atoms with E-state index in [1.54, 1.807) is 0 Å². The summed E-state index contributed by atoms with van der Waals surface area (Å²) in [6.45, 7) is 6.23. The molecule has 1 heterocycles. The van der Waals surface area contributed by atoms with Gasteiger partial charge in [0, 0.05) is 42.8 Å². The number of hydrogen-bond donors (Lipinski definition) is 1. The molecule has 0 bridgehead atoms. The van der Waals surface area contributed by atoms with Crippen LogP contribution in [0.25, 0.3) is 0 Å². The van der Waals surface area contributed by atoms with Crippen LogP contribution in [-0.2, 0) is 19.9 Å². The Hall–Kier alpha value is -2.30. The zero-order valence-corrected chi connectivity index (χ0v) is 14.1. The molecule has 3 rings (SSSR count). The predicted octanol–water partition coefficient (Wildman–Crippen LogP) is 3.01. The molecule has 5 heteroatoms. The largest absolute Gasteiger partial charge is 0.372 e. The minimum atomic E-state index is -0.112. The van der Waals surface area contributed by atoms with Crippen LogP contribution in [0.1, 0.15) is 42.0 Å². The summed E-state index contributed by atoms with van der Waals surface area (Å²) in [5.41, 5.74) is 4.87. The van der Waals surface area contributed by atoms with E-state index in [4.69, 9.17) is 0 Å². The van der Waals surface area contributed by atoms with Crippen LogP contribution in [0.15, 0.2) is 24.3 Å². The van der Waals surface area contributed by atoms with Gasteiger partial charge in [-0.15, -0.1) is 0 Å². The van der Waals surface area contributed by atoms with Crippen molar-refractivity contribution in [3.8, 4) is 0 Å². The van der Waals surface area contributed by atoms with Crippen molar-refractivity contribution in [3.05, 3.63) is 41.2 Å². The van der Waals surface area contributed by atoms with Crippen LogP contribution in [0.5, 0.6) is 0 Å². The molecule has 1 aliphatic carbocycles. The standard InChI is InChI=1S/C18H24N4O/c1-4-22(5-2)14-11-9-13(10-12-14)19-18(23)17-15-7-6-8-16(15)21(3)20-17/h9-12H,4-8H2,1-3H3,(H,19,23). The first-order valence-electron chi connectivity index (χ1n) is 8.35. The van der Waals surface area contributed by atoms with Gasteiger partial charge in [0.25, 0.3) is 5.91 Å². The van der Waals surface area contributed by atoms with E-state index >= 15 is 0 Å². The molecular formula is C18H24N4O. The third kappa shape index (κ3) is 2.96. The maximum absolute atomic E-state index is 12.5. The number of fused-ring (bicyclic) bond motifs is 1. The van der Waals surface area contributed by atoms with Crippen LogP contribution in [0, 0.1) is 0 Å². The highest BCUT2D eigenvalue weighted by Gasteiger charge is 2.25. The molecule has 2 aromatic rings. The van der Waals surface area contributed by atoms with E-state index in [2.05, 4.69) is 29.2 Å². The lowest BCUT2D eigenvalue weighted by Gasteiger charge is -2.21. The van der Waals surface area contributed by atoms with Crippen molar-refractivity contribution < 1.29 is 4.79 Å². The van der Waals surface area contributed by atoms with E-state index in [0.717, 1.165) is 43.6 Å². The minimum absolute atomic E-state index is 0.112. The Bertz CT molecular complexity index is 699. The first-order valence-corrected chi connectivity index (χ1v) is 8.35. The summed E-state index contributed by atoms with van der Waals surface area (Å²) in [6, 6.07) is 8.00. The van der Waals surface area contributed by atoms with E-state index in [1.165, 1.54) is 11.4 Å². The fourth-order valence-corrected chi connectivity index (χ4v) is 3.33. The summed E-state index contributed by atoms with van der Waals surface area (Å²) in [5, 5.41) is 7.37. The lowest BCUT2D eigenvalue weighted by atomic mass is 10.2. The van der Waals surface area contributed by atoms with E-state index in [1.807, 2.05) is 36.0 Å². The van der Waals surface area contributed by atoms with Crippen molar-refractivity contribution >= 4 is 17.3 Å². The Morgan fingerprint density at radius 1 is 1.22 bits per heavy atom. The van der Waals surface area contributed by atoms with Gasteiger partial charge < -0.3 is 10.2 Å². The number of nitrogens with one attached hydrogen (secondary N) is 1. The highest BCUT2D eigenvalue weighted by atomic mass is 16.2. The Balaban J connectivity index is 1.75. The monoisotopic (exact) mass is 312 g/mol. The van der Waals surface area contributed by atoms with Gasteiger partial charge in [0.2, 0.25) is 0 Å². The molecule has 1 aliphatic rings. The van der Waals surface area contributed by atoms with Gasteiger partial charge in [0.05, 0.1) is 0 Å². The van der Waals surface area contributed by atoms with Gasteiger partial charge in [0.1, 0.15) is 0 Å². The van der Waals surface area contributed by atoms with Crippen LogP contribution in [0.3, 0.4) is 0 Å². The molecule has 1 aromatic carbocycles. The Morgan fingerprint density at radius 3 is 2.57 bits per heavy atom. The maximum Gasteiger partial charge on any atom is 0.276 e. The summed E-state index contributed by atoms with van der Waals surface area (Å²) in [7, 11) is 1.92. The number of carbonyl (C=O) groups excluding carboxylic acids is 1. The predicted molar refractivity (Wildman–Crippen MR) is 93.2 cm³/mol. The number of rotatable bonds is 5. The van der Waals surface area contributed by atoms with Crippen LogP contribution < -0.4 is 10.2 Å². The van der Waals surface area contributed by atoms with Gasteiger partial charge in [-0.2, -0.15) is 5.10 Å². The average molecular weight is 312 g/mol. The molecule has 0 unspecified atom stereocenters. The SMILES string of the molecule is CCN(CC)c1ccc(NC(=O)c2nn(C)c3c2CCC3)cc1. The van der Waals surface area contributed by atoms with Crippen molar-refractivity contribution in [2.75, 3.05) is 23.3 Å². The molecule has 0 radical (unpaired) electrons. The van der Waals surface area contributed by atoms with Crippen molar-refractivity contribution in [1.82, 2.24) is 9.78 Å². The molecule has 0 saturated heterocycles. The zero-order chi connectivity index (χ0) is 16.4. The fourth-order valence-electron chi connectivity index (χ4n) is 3.33. The van der Waals surface area contributed by atoms with Crippen molar-refractivity contribution in [2.45, 2.75) is 33.1 Å². The highest BCUT2D eigenvalue weighted by molar-refractivity contribution is 6.04. The molecule has 1 amide bonds. The molecule has 0 fully saturated rings. The van der Waals surface area contributed by atoms with Crippen LogP contribution in [0.4, 0.5) is 11.4 Å². The molecule has 0 aliphatic heterocycles. The number of hydrogen-bond acceptors (Lipinski definition) is 3. The number of carbonyl (C=O) groups is 1. The van der Waals surface area contributed by atoms with E-state index in [0.29, 0.717) is 5.69 Å². The number of amides is 1. The topological polar surface area (TPSA) is 50.2 Å². The maximum atomic E-state index is 12.5. The molecule has 0 atom stereocenters. The first-order chi connectivity index (χ1) is 11.1. The summed E-state index contributed by atoms with van der Waals surface area (Å²) in [6.07, 6.45) is 3.08.